The number of rotatable bonds is 3. The number of amides is 1. The summed E-state index contributed by atoms with van der Waals surface area (Å²) >= 11 is 0. The first-order valence-corrected chi connectivity index (χ1v) is 8.83. The molecule has 0 saturated carbocycles. The lowest BCUT2D eigenvalue weighted by molar-refractivity contribution is 0.0636. The molecule has 3 rings (SSSR count). The summed E-state index contributed by atoms with van der Waals surface area (Å²) < 4.78 is 5.38. The molecule has 2 aromatic carbocycles. The third-order valence-corrected chi connectivity index (χ3v) is 4.22. The molecule has 0 atom stereocenters. The van der Waals surface area contributed by atoms with Crippen LogP contribution in [0.4, 0.5) is 16.2 Å². The maximum absolute atomic E-state index is 12.1. The SMILES string of the molecule is CC(C)(C)OC(=O)Nc1ccccc1CN1CCCc2ccccc21. The van der Waals surface area contributed by atoms with Gasteiger partial charge in [0.2, 0.25) is 0 Å². The van der Waals surface area contributed by atoms with Gasteiger partial charge in [-0.1, -0.05) is 36.4 Å². The van der Waals surface area contributed by atoms with E-state index in [1.54, 1.807) is 0 Å². The Bertz CT molecular complexity index is 750. The molecule has 1 amide bonds. The highest BCUT2D eigenvalue weighted by Crippen LogP contribution is 2.29. The molecule has 0 aliphatic carbocycles. The molecule has 1 N–H and O–H groups in total. The first kappa shape index (κ1) is 17.3. The molecule has 0 spiro atoms. The predicted octanol–water partition coefficient (Wildman–Crippen LogP) is 4.99. The first-order chi connectivity index (χ1) is 11.9. The van der Waals surface area contributed by atoms with Gasteiger partial charge < -0.3 is 9.64 Å². The highest BCUT2D eigenvalue weighted by atomic mass is 16.6. The summed E-state index contributed by atoms with van der Waals surface area (Å²) in [7, 11) is 0. The molecule has 2 aromatic rings. The largest absolute Gasteiger partial charge is 0.444 e. The molecule has 0 aromatic heterocycles. The number of para-hydroxylation sites is 2. The molecular formula is C21H26N2O2. The van der Waals surface area contributed by atoms with Gasteiger partial charge >= 0.3 is 6.09 Å². The quantitative estimate of drug-likeness (QED) is 0.857. The van der Waals surface area contributed by atoms with Gasteiger partial charge in [0.25, 0.3) is 0 Å². The van der Waals surface area contributed by atoms with E-state index in [1.807, 2.05) is 39.0 Å². The maximum atomic E-state index is 12.1. The zero-order valence-electron chi connectivity index (χ0n) is 15.2. The van der Waals surface area contributed by atoms with Crippen LogP contribution in [0.1, 0.15) is 38.3 Å². The Morgan fingerprint density at radius 3 is 2.64 bits per heavy atom. The van der Waals surface area contributed by atoms with Gasteiger partial charge in [0, 0.05) is 24.5 Å². The van der Waals surface area contributed by atoms with Gasteiger partial charge in [-0.25, -0.2) is 4.79 Å². The monoisotopic (exact) mass is 338 g/mol. The van der Waals surface area contributed by atoms with E-state index in [1.165, 1.54) is 11.3 Å². The van der Waals surface area contributed by atoms with Gasteiger partial charge in [0.1, 0.15) is 5.60 Å². The highest BCUT2D eigenvalue weighted by Gasteiger charge is 2.20. The van der Waals surface area contributed by atoms with Crippen LogP contribution in [0.5, 0.6) is 0 Å². The van der Waals surface area contributed by atoms with E-state index in [2.05, 4.69) is 40.5 Å². The third kappa shape index (κ3) is 4.53. The number of benzene rings is 2. The number of nitrogens with one attached hydrogen (secondary N) is 1. The molecule has 0 unspecified atom stereocenters. The molecule has 0 fully saturated rings. The predicted molar refractivity (Wildman–Crippen MR) is 102 cm³/mol. The number of hydrogen-bond donors (Lipinski definition) is 1. The van der Waals surface area contributed by atoms with Crippen molar-refractivity contribution in [3.8, 4) is 0 Å². The molecule has 0 radical (unpaired) electrons. The Balaban J connectivity index is 1.77. The maximum Gasteiger partial charge on any atom is 0.412 e. The van der Waals surface area contributed by atoms with Crippen molar-refractivity contribution >= 4 is 17.5 Å². The average molecular weight is 338 g/mol. The van der Waals surface area contributed by atoms with Crippen LogP contribution < -0.4 is 10.2 Å². The molecule has 1 aliphatic heterocycles. The average Bonchev–Trinajstić information content (AvgIpc) is 2.55. The summed E-state index contributed by atoms with van der Waals surface area (Å²) in [5.74, 6) is 0. The Morgan fingerprint density at radius 2 is 1.84 bits per heavy atom. The second-order valence-corrected chi connectivity index (χ2v) is 7.44. The van der Waals surface area contributed by atoms with E-state index in [9.17, 15) is 4.79 Å². The number of carbonyl (C=O) groups excluding carboxylic acids is 1. The van der Waals surface area contributed by atoms with Gasteiger partial charge in [0.15, 0.2) is 0 Å². The normalized spacial score (nSPS) is 14.0. The van der Waals surface area contributed by atoms with Crippen LogP contribution in [-0.2, 0) is 17.7 Å². The molecular weight excluding hydrogens is 312 g/mol. The number of fused-ring (bicyclic) bond motifs is 1. The van der Waals surface area contributed by atoms with Crippen molar-refractivity contribution in [2.45, 2.75) is 45.8 Å². The number of hydrogen-bond acceptors (Lipinski definition) is 3. The molecule has 4 nitrogen and oxygen atoms in total. The highest BCUT2D eigenvalue weighted by molar-refractivity contribution is 5.86. The standard InChI is InChI=1S/C21H26N2O2/c1-21(2,3)25-20(24)22-18-12-6-4-10-17(18)15-23-14-8-11-16-9-5-7-13-19(16)23/h4-7,9-10,12-13H,8,11,14-15H2,1-3H3,(H,22,24). The van der Waals surface area contributed by atoms with Crippen molar-refractivity contribution in [1.29, 1.82) is 0 Å². The van der Waals surface area contributed by atoms with Gasteiger partial charge in [-0.2, -0.15) is 0 Å². The molecule has 1 aliphatic rings. The molecule has 132 valence electrons. The van der Waals surface area contributed by atoms with E-state index in [0.29, 0.717) is 0 Å². The third-order valence-electron chi connectivity index (χ3n) is 4.22. The molecule has 25 heavy (non-hydrogen) atoms. The van der Waals surface area contributed by atoms with Gasteiger partial charge in [-0.15, -0.1) is 0 Å². The Hall–Kier alpha value is -2.49. The van der Waals surface area contributed by atoms with Gasteiger partial charge in [-0.05, 0) is 56.9 Å². The van der Waals surface area contributed by atoms with Crippen molar-refractivity contribution < 1.29 is 9.53 Å². The van der Waals surface area contributed by atoms with E-state index in [-0.39, 0.29) is 0 Å². The fourth-order valence-electron chi connectivity index (χ4n) is 3.18. The molecule has 1 heterocycles. The number of aryl methyl sites for hydroxylation is 1. The van der Waals surface area contributed by atoms with Crippen LogP contribution >= 0.6 is 0 Å². The minimum absolute atomic E-state index is 0.418. The van der Waals surface area contributed by atoms with Crippen molar-refractivity contribution in [1.82, 2.24) is 0 Å². The van der Waals surface area contributed by atoms with Crippen LogP contribution in [-0.4, -0.2) is 18.2 Å². The summed E-state index contributed by atoms with van der Waals surface area (Å²) in [5.41, 5.74) is 4.07. The Kier molecular flexibility index (Phi) is 4.98. The van der Waals surface area contributed by atoms with Crippen LogP contribution in [0.15, 0.2) is 48.5 Å². The van der Waals surface area contributed by atoms with E-state index >= 15 is 0 Å². The number of anilines is 2. The first-order valence-electron chi connectivity index (χ1n) is 8.83. The minimum atomic E-state index is -0.509. The summed E-state index contributed by atoms with van der Waals surface area (Å²) in [6.45, 7) is 7.39. The summed E-state index contributed by atoms with van der Waals surface area (Å²) in [6, 6.07) is 16.5. The van der Waals surface area contributed by atoms with Crippen molar-refractivity contribution in [2.75, 3.05) is 16.8 Å². The van der Waals surface area contributed by atoms with Crippen LogP contribution in [0, 0.1) is 0 Å². The van der Waals surface area contributed by atoms with E-state index < -0.39 is 11.7 Å². The minimum Gasteiger partial charge on any atom is -0.444 e. The van der Waals surface area contributed by atoms with E-state index in [0.717, 1.165) is 37.2 Å². The van der Waals surface area contributed by atoms with Crippen LogP contribution in [0.3, 0.4) is 0 Å². The lowest BCUT2D eigenvalue weighted by Crippen LogP contribution is -2.30. The van der Waals surface area contributed by atoms with Crippen molar-refractivity contribution in [3.63, 3.8) is 0 Å². The lowest BCUT2D eigenvalue weighted by Gasteiger charge is -2.32. The van der Waals surface area contributed by atoms with Crippen LogP contribution in [0.2, 0.25) is 0 Å². The van der Waals surface area contributed by atoms with Crippen molar-refractivity contribution in [2.24, 2.45) is 0 Å². The number of ether oxygens (including phenoxy) is 1. The zero-order chi connectivity index (χ0) is 17.9. The fourth-order valence-corrected chi connectivity index (χ4v) is 3.18. The summed E-state index contributed by atoms with van der Waals surface area (Å²) in [6.07, 6.45) is 1.86. The smallest absolute Gasteiger partial charge is 0.412 e. The number of carbonyl (C=O) groups is 1. The van der Waals surface area contributed by atoms with Gasteiger partial charge in [-0.3, -0.25) is 5.32 Å². The van der Waals surface area contributed by atoms with Gasteiger partial charge in [0.05, 0.1) is 0 Å². The molecule has 0 saturated heterocycles. The Morgan fingerprint density at radius 1 is 1.12 bits per heavy atom. The second kappa shape index (κ2) is 7.18. The molecule has 4 heteroatoms. The lowest BCUT2D eigenvalue weighted by atomic mass is 10.0. The fraction of sp³-hybridized carbons (Fsp3) is 0.381. The molecule has 0 bridgehead atoms. The summed E-state index contributed by atoms with van der Waals surface area (Å²) in [4.78, 5) is 14.5. The van der Waals surface area contributed by atoms with Crippen molar-refractivity contribution in [3.05, 3.63) is 59.7 Å². The van der Waals surface area contributed by atoms with E-state index in [4.69, 9.17) is 4.74 Å². The number of nitrogens with zero attached hydrogens (tertiary/aromatic N) is 1. The van der Waals surface area contributed by atoms with Crippen LogP contribution in [0.25, 0.3) is 0 Å². The summed E-state index contributed by atoms with van der Waals surface area (Å²) in [5, 5.41) is 2.89. The second-order valence-electron chi connectivity index (χ2n) is 7.44. The topological polar surface area (TPSA) is 41.6 Å². The zero-order valence-corrected chi connectivity index (χ0v) is 15.2. The Labute approximate surface area is 149 Å².